The monoisotopic (exact) mass is 280 g/mol. The van der Waals surface area contributed by atoms with Crippen LogP contribution in [0.4, 0.5) is 5.82 Å². The van der Waals surface area contributed by atoms with Crippen molar-refractivity contribution in [2.24, 2.45) is 5.73 Å². The van der Waals surface area contributed by atoms with Gasteiger partial charge in [0.2, 0.25) is 0 Å². The molecule has 1 aliphatic carbocycles. The third kappa shape index (κ3) is 3.60. The molecule has 102 valence electrons. The summed E-state index contributed by atoms with van der Waals surface area (Å²) in [5.74, 6) is 0.182. The topological polar surface area (TPSA) is 81.3 Å². The van der Waals surface area contributed by atoms with Crippen LogP contribution in [0.1, 0.15) is 29.8 Å². The lowest BCUT2D eigenvalue weighted by atomic mass is 10.3. The number of carbonyl (C=O) groups is 1. The Morgan fingerprint density at radius 2 is 2.32 bits per heavy atom. The molecular formula is C12H16N4O2S. The van der Waals surface area contributed by atoms with Crippen LogP contribution in [0, 0.1) is 0 Å². The molecule has 0 atom stereocenters. The SMILES string of the molecule is COC(=O)c1cncc(N(CCC(N)=S)C2CC2)n1. The van der Waals surface area contributed by atoms with Gasteiger partial charge in [0.1, 0.15) is 5.82 Å². The van der Waals surface area contributed by atoms with Crippen molar-refractivity contribution >= 4 is 29.0 Å². The fraction of sp³-hybridized carbons (Fsp3) is 0.500. The Balaban J connectivity index is 2.16. The van der Waals surface area contributed by atoms with Crippen LogP contribution in [0.25, 0.3) is 0 Å². The van der Waals surface area contributed by atoms with E-state index in [1.54, 1.807) is 6.20 Å². The maximum atomic E-state index is 11.5. The molecule has 1 fully saturated rings. The Hall–Kier alpha value is -1.76. The number of anilines is 1. The summed E-state index contributed by atoms with van der Waals surface area (Å²) in [7, 11) is 1.32. The molecule has 1 aliphatic rings. The van der Waals surface area contributed by atoms with Crippen molar-refractivity contribution in [3.8, 4) is 0 Å². The third-order valence-electron chi connectivity index (χ3n) is 2.90. The summed E-state index contributed by atoms with van der Waals surface area (Å²) in [5.41, 5.74) is 5.74. The minimum atomic E-state index is -0.487. The summed E-state index contributed by atoms with van der Waals surface area (Å²) in [4.78, 5) is 22.4. The molecule has 0 radical (unpaired) electrons. The predicted molar refractivity (Wildman–Crippen MR) is 75.1 cm³/mol. The minimum Gasteiger partial charge on any atom is -0.464 e. The minimum absolute atomic E-state index is 0.209. The molecule has 1 aromatic rings. The van der Waals surface area contributed by atoms with Crippen molar-refractivity contribution in [2.75, 3.05) is 18.6 Å². The van der Waals surface area contributed by atoms with Crippen LogP contribution in [0.2, 0.25) is 0 Å². The first-order valence-corrected chi connectivity index (χ1v) is 6.48. The normalized spacial score (nSPS) is 13.9. The lowest BCUT2D eigenvalue weighted by Crippen LogP contribution is -2.30. The number of esters is 1. The van der Waals surface area contributed by atoms with E-state index in [1.807, 2.05) is 0 Å². The quantitative estimate of drug-likeness (QED) is 0.612. The van der Waals surface area contributed by atoms with Crippen LogP contribution in [-0.2, 0) is 4.74 Å². The fourth-order valence-corrected chi connectivity index (χ4v) is 1.89. The van der Waals surface area contributed by atoms with Gasteiger partial charge in [-0.2, -0.15) is 0 Å². The van der Waals surface area contributed by atoms with E-state index in [4.69, 9.17) is 18.0 Å². The van der Waals surface area contributed by atoms with E-state index in [9.17, 15) is 4.79 Å². The molecule has 6 nitrogen and oxygen atoms in total. The molecular weight excluding hydrogens is 264 g/mol. The van der Waals surface area contributed by atoms with Crippen molar-refractivity contribution in [3.05, 3.63) is 18.1 Å². The van der Waals surface area contributed by atoms with E-state index in [-0.39, 0.29) is 5.69 Å². The molecule has 0 saturated heterocycles. The van der Waals surface area contributed by atoms with Crippen molar-refractivity contribution in [3.63, 3.8) is 0 Å². The van der Waals surface area contributed by atoms with Crippen molar-refractivity contribution < 1.29 is 9.53 Å². The van der Waals surface area contributed by atoms with Gasteiger partial charge in [0, 0.05) is 19.0 Å². The molecule has 7 heteroatoms. The van der Waals surface area contributed by atoms with E-state index < -0.39 is 5.97 Å². The Bertz CT molecular complexity index is 490. The zero-order chi connectivity index (χ0) is 13.8. The summed E-state index contributed by atoms with van der Waals surface area (Å²) >= 11 is 4.90. The number of nitrogens with zero attached hydrogens (tertiary/aromatic N) is 3. The average Bonchev–Trinajstić information content (AvgIpc) is 3.23. The molecule has 0 spiro atoms. The average molecular weight is 280 g/mol. The second-order valence-electron chi connectivity index (χ2n) is 4.39. The first-order chi connectivity index (χ1) is 9.11. The lowest BCUT2D eigenvalue weighted by molar-refractivity contribution is 0.0593. The van der Waals surface area contributed by atoms with Crippen molar-refractivity contribution in [2.45, 2.75) is 25.3 Å². The first kappa shape index (κ1) is 13.7. The summed E-state index contributed by atoms with van der Waals surface area (Å²) in [6.07, 6.45) is 5.89. The largest absolute Gasteiger partial charge is 0.464 e. The number of aromatic nitrogens is 2. The van der Waals surface area contributed by atoms with Crippen molar-refractivity contribution in [1.82, 2.24) is 9.97 Å². The Morgan fingerprint density at radius 3 is 2.89 bits per heavy atom. The molecule has 0 bridgehead atoms. The zero-order valence-electron chi connectivity index (χ0n) is 10.7. The molecule has 0 aromatic carbocycles. The van der Waals surface area contributed by atoms with E-state index in [2.05, 4.69) is 19.6 Å². The molecule has 0 unspecified atom stereocenters. The van der Waals surface area contributed by atoms with Crippen LogP contribution < -0.4 is 10.6 Å². The van der Waals surface area contributed by atoms with E-state index >= 15 is 0 Å². The number of hydrogen-bond donors (Lipinski definition) is 1. The molecule has 19 heavy (non-hydrogen) atoms. The van der Waals surface area contributed by atoms with Gasteiger partial charge in [-0.3, -0.25) is 4.98 Å². The van der Waals surface area contributed by atoms with Gasteiger partial charge in [-0.1, -0.05) is 12.2 Å². The van der Waals surface area contributed by atoms with Crippen molar-refractivity contribution in [1.29, 1.82) is 0 Å². The maximum absolute atomic E-state index is 11.5. The summed E-state index contributed by atoms with van der Waals surface area (Å²) in [5, 5.41) is 0. The van der Waals surface area contributed by atoms with Gasteiger partial charge in [0.05, 0.1) is 24.5 Å². The maximum Gasteiger partial charge on any atom is 0.358 e. The molecule has 0 aliphatic heterocycles. The first-order valence-electron chi connectivity index (χ1n) is 6.07. The summed E-state index contributed by atoms with van der Waals surface area (Å²) < 4.78 is 4.64. The highest BCUT2D eigenvalue weighted by Crippen LogP contribution is 2.30. The molecule has 1 saturated carbocycles. The molecule has 1 aromatic heterocycles. The number of hydrogen-bond acceptors (Lipinski definition) is 6. The van der Waals surface area contributed by atoms with Crippen LogP contribution >= 0.6 is 12.2 Å². The fourth-order valence-electron chi connectivity index (χ4n) is 1.80. The molecule has 1 heterocycles. The number of carbonyl (C=O) groups excluding carboxylic acids is 1. The van der Waals surface area contributed by atoms with Gasteiger partial charge in [-0.15, -0.1) is 0 Å². The number of thiocarbonyl (C=S) groups is 1. The highest BCUT2D eigenvalue weighted by molar-refractivity contribution is 7.80. The second-order valence-corrected chi connectivity index (χ2v) is 4.92. The molecule has 2 rings (SSSR count). The molecule has 0 amide bonds. The smallest absolute Gasteiger partial charge is 0.358 e. The van der Waals surface area contributed by atoms with E-state index in [1.165, 1.54) is 13.3 Å². The van der Waals surface area contributed by atoms with Gasteiger partial charge in [0.25, 0.3) is 0 Å². The Labute approximate surface area is 117 Å². The number of nitrogens with two attached hydrogens (primary N) is 1. The van der Waals surface area contributed by atoms with Gasteiger partial charge >= 0.3 is 5.97 Å². The Morgan fingerprint density at radius 1 is 1.58 bits per heavy atom. The lowest BCUT2D eigenvalue weighted by Gasteiger charge is -2.23. The van der Waals surface area contributed by atoms with Gasteiger partial charge in [0.15, 0.2) is 5.69 Å². The van der Waals surface area contributed by atoms with Crippen LogP contribution in [0.5, 0.6) is 0 Å². The van der Waals surface area contributed by atoms with Gasteiger partial charge in [-0.05, 0) is 12.8 Å². The summed E-state index contributed by atoms with van der Waals surface area (Å²) in [6.45, 7) is 0.694. The standard InChI is InChI=1S/C12H16N4O2S/c1-18-12(17)9-6-14-7-11(15-9)16(8-2-3-8)5-4-10(13)19/h6-8H,2-5H2,1H3,(H2,13,19). The van der Waals surface area contributed by atoms with E-state index in [0.29, 0.717) is 29.8 Å². The molecule has 2 N–H and O–H groups in total. The number of methoxy groups -OCH3 is 1. The Kier molecular flexibility index (Phi) is 4.26. The van der Waals surface area contributed by atoms with Crippen LogP contribution in [0.15, 0.2) is 12.4 Å². The summed E-state index contributed by atoms with van der Waals surface area (Å²) in [6, 6.07) is 0.441. The highest BCUT2D eigenvalue weighted by atomic mass is 32.1. The van der Waals surface area contributed by atoms with Gasteiger partial charge < -0.3 is 15.4 Å². The van der Waals surface area contributed by atoms with Crippen LogP contribution in [0.3, 0.4) is 0 Å². The highest BCUT2D eigenvalue weighted by Gasteiger charge is 2.30. The number of rotatable bonds is 6. The van der Waals surface area contributed by atoms with Crippen LogP contribution in [-0.4, -0.2) is 40.6 Å². The number of ether oxygens (including phenoxy) is 1. The van der Waals surface area contributed by atoms with Gasteiger partial charge in [-0.25, -0.2) is 9.78 Å². The predicted octanol–water partition coefficient (Wildman–Crippen LogP) is 0.908. The second kappa shape index (κ2) is 5.92. The third-order valence-corrected chi connectivity index (χ3v) is 3.10. The van der Waals surface area contributed by atoms with E-state index in [0.717, 1.165) is 12.8 Å². The zero-order valence-corrected chi connectivity index (χ0v) is 11.5.